The van der Waals surface area contributed by atoms with Crippen LogP contribution in [0.3, 0.4) is 0 Å². The Morgan fingerprint density at radius 1 is 1.50 bits per heavy atom. The lowest BCUT2D eigenvalue weighted by atomic mass is 10.2. The highest BCUT2D eigenvalue weighted by atomic mass is 35.5. The van der Waals surface area contributed by atoms with Gasteiger partial charge in [0.2, 0.25) is 5.91 Å². The molecule has 0 aliphatic rings. The van der Waals surface area contributed by atoms with Crippen molar-refractivity contribution in [2.45, 2.75) is 24.3 Å². The molecule has 22 heavy (non-hydrogen) atoms. The Balaban J connectivity index is 2.11. The number of hydrogen-bond acceptors (Lipinski definition) is 5. The highest BCUT2D eigenvalue weighted by Gasteiger charge is 2.19. The standard InChI is InChI=1S/C14H17ClN4O2S/c1-8-5-11(12(21-4)6-10(8)15)17-13(20)9(2)22-14-18-16-7-19(14)3/h5-7,9H,1-4H3,(H,17,20)/t9-/m1/s1. The van der Waals surface area contributed by atoms with E-state index in [4.69, 9.17) is 16.3 Å². The van der Waals surface area contributed by atoms with Crippen molar-refractivity contribution in [3.05, 3.63) is 29.0 Å². The number of ether oxygens (including phenoxy) is 1. The van der Waals surface area contributed by atoms with E-state index in [2.05, 4.69) is 15.5 Å². The zero-order chi connectivity index (χ0) is 16.3. The van der Waals surface area contributed by atoms with Gasteiger partial charge >= 0.3 is 0 Å². The summed E-state index contributed by atoms with van der Waals surface area (Å²) in [4.78, 5) is 12.3. The van der Waals surface area contributed by atoms with Crippen LogP contribution in [0.1, 0.15) is 12.5 Å². The zero-order valence-electron chi connectivity index (χ0n) is 12.8. The van der Waals surface area contributed by atoms with Crippen molar-refractivity contribution in [1.29, 1.82) is 0 Å². The van der Waals surface area contributed by atoms with E-state index in [-0.39, 0.29) is 11.2 Å². The summed E-state index contributed by atoms with van der Waals surface area (Å²) in [5.41, 5.74) is 1.46. The van der Waals surface area contributed by atoms with Crippen LogP contribution in [0.5, 0.6) is 5.75 Å². The van der Waals surface area contributed by atoms with Crippen molar-refractivity contribution >= 4 is 35.0 Å². The van der Waals surface area contributed by atoms with Crippen LogP contribution in [0.15, 0.2) is 23.6 Å². The van der Waals surface area contributed by atoms with Gasteiger partial charge in [-0.15, -0.1) is 10.2 Å². The van der Waals surface area contributed by atoms with Gasteiger partial charge in [-0.3, -0.25) is 4.79 Å². The summed E-state index contributed by atoms with van der Waals surface area (Å²) < 4.78 is 7.02. The molecule has 0 fully saturated rings. The molecule has 1 N–H and O–H groups in total. The van der Waals surface area contributed by atoms with Gasteiger partial charge < -0.3 is 14.6 Å². The molecule has 0 radical (unpaired) electrons. The SMILES string of the molecule is COc1cc(Cl)c(C)cc1NC(=O)[C@@H](C)Sc1nncn1C. The minimum atomic E-state index is -0.330. The average molecular weight is 341 g/mol. The van der Waals surface area contributed by atoms with Crippen LogP contribution in [-0.4, -0.2) is 33.0 Å². The normalized spacial score (nSPS) is 12.0. The highest BCUT2D eigenvalue weighted by molar-refractivity contribution is 8.00. The van der Waals surface area contributed by atoms with Crippen molar-refractivity contribution in [2.75, 3.05) is 12.4 Å². The molecular weight excluding hydrogens is 324 g/mol. The molecule has 0 unspecified atom stereocenters. The van der Waals surface area contributed by atoms with E-state index in [1.165, 1.54) is 18.9 Å². The van der Waals surface area contributed by atoms with E-state index in [1.54, 1.807) is 23.0 Å². The number of hydrogen-bond donors (Lipinski definition) is 1. The Bertz CT molecular complexity index is 689. The Morgan fingerprint density at radius 2 is 2.23 bits per heavy atom. The van der Waals surface area contributed by atoms with Crippen molar-refractivity contribution < 1.29 is 9.53 Å². The first-order chi connectivity index (χ1) is 10.4. The van der Waals surface area contributed by atoms with Gasteiger partial charge in [0.15, 0.2) is 5.16 Å². The van der Waals surface area contributed by atoms with E-state index >= 15 is 0 Å². The fourth-order valence-corrected chi connectivity index (χ4v) is 2.70. The molecule has 2 rings (SSSR count). The minimum absolute atomic E-state index is 0.145. The fourth-order valence-electron chi connectivity index (χ4n) is 1.76. The molecule has 1 aromatic heterocycles. The highest BCUT2D eigenvalue weighted by Crippen LogP contribution is 2.31. The lowest BCUT2D eigenvalue weighted by molar-refractivity contribution is -0.115. The van der Waals surface area contributed by atoms with Crippen molar-refractivity contribution in [3.63, 3.8) is 0 Å². The second-order valence-corrected chi connectivity index (χ2v) is 6.49. The summed E-state index contributed by atoms with van der Waals surface area (Å²) in [5.74, 6) is 0.382. The monoisotopic (exact) mass is 340 g/mol. The summed E-state index contributed by atoms with van der Waals surface area (Å²) >= 11 is 7.40. The van der Waals surface area contributed by atoms with Crippen molar-refractivity contribution in [1.82, 2.24) is 14.8 Å². The van der Waals surface area contributed by atoms with E-state index in [9.17, 15) is 4.79 Å². The zero-order valence-corrected chi connectivity index (χ0v) is 14.3. The largest absolute Gasteiger partial charge is 0.495 e. The molecule has 0 bridgehead atoms. The number of aryl methyl sites for hydroxylation is 2. The molecule has 1 aromatic carbocycles. The molecule has 0 aliphatic carbocycles. The first kappa shape index (κ1) is 16.6. The smallest absolute Gasteiger partial charge is 0.237 e. The van der Waals surface area contributed by atoms with Gasteiger partial charge in [0, 0.05) is 18.1 Å². The summed E-state index contributed by atoms with van der Waals surface area (Å²) in [6.45, 7) is 3.68. The topological polar surface area (TPSA) is 69.0 Å². The van der Waals surface area contributed by atoms with E-state index < -0.39 is 0 Å². The molecule has 118 valence electrons. The molecule has 1 atom stereocenters. The Morgan fingerprint density at radius 3 is 2.82 bits per heavy atom. The first-order valence-electron chi connectivity index (χ1n) is 6.58. The second-order valence-electron chi connectivity index (χ2n) is 4.78. The maximum atomic E-state index is 12.3. The summed E-state index contributed by atoms with van der Waals surface area (Å²) in [7, 11) is 3.37. The Kier molecular flexibility index (Phi) is 5.31. The van der Waals surface area contributed by atoms with Crippen LogP contribution in [0.2, 0.25) is 5.02 Å². The number of thioether (sulfide) groups is 1. The molecule has 2 aromatic rings. The van der Waals surface area contributed by atoms with Crippen molar-refractivity contribution in [3.8, 4) is 5.75 Å². The van der Waals surface area contributed by atoms with E-state index in [1.807, 2.05) is 20.9 Å². The van der Waals surface area contributed by atoms with Crippen LogP contribution >= 0.6 is 23.4 Å². The van der Waals surface area contributed by atoms with Crippen LogP contribution in [0.4, 0.5) is 5.69 Å². The van der Waals surface area contributed by atoms with Crippen LogP contribution in [-0.2, 0) is 11.8 Å². The number of halogens is 1. The van der Waals surface area contributed by atoms with Gasteiger partial charge in [-0.25, -0.2) is 0 Å². The number of nitrogens with zero attached hydrogens (tertiary/aromatic N) is 3. The maximum Gasteiger partial charge on any atom is 0.237 e. The number of methoxy groups -OCH3 is 1. The third kappa shape index (κ3) is 3.72. The molecular formula is C14H17ClN4O2S. The molecule has 0 spiro atoms. The number of aromatic nitrogens is 3. The van der Waals surface area contributed by atoms with Gasteiger partial charge in [-0.05, 0) is 25.5 Å². The van der Waals surface area contributed by atoms with E-state index in [0.29, 0.717) is 21.6 Å². The Hall–Kier alpha value is -1.73. The van der Waals surface area contributed by atoms with Crippen LogP contribution in [0.25, 0.3) is 0 Å². The quantitative estimate of drug-likeness (QED) is 0.847. The molecule has 1 amide bonds. The lowest BCUT2D eigenvalue weighted by Gasteiger charge is -2.15. The first-order valence-corrected chi connectivity index (χ1v) is 7.83. The van der Waals surface area contributed by atoms with Gasteiger partial charge in [-0.2, -0.15) is 0 Å². The number of carbonyl (C=O) groups is 1. The van der Waals surface area contributed by atoms with Gasteiger partial charge in [0.05, 0.1) is 18.0 Å². The number of benzene rings is 1. The van der Waals surface area contributed by atoms with Gasteiger partial charge in [-0.1, -0.05) is 23.4 Å². The fraction of sp³-hybridized carbons (Fsp3) is 0.357. The predicted molar refractivity (Wildman–Crippen MR) is 87.7 cm³/mol. The summed E-state index contributed by atoms with van der Waals surface area (Å²) in [6, 6.07) is 3.48. The summed E-state index contributed by atoms with van der Waals surface area (Å²) in [5, 5.41) is 11.6. The van der Waals surface area contributed by atoms with Crippen LogP contribution < -0.4 is 10.1 Å². The van der Waals surface area contributed by atoms with Crippen molar-refractivity contribution in [2.24, 2.45) is 7.05 Å². The molecule has 0 aliphatic heterocycles. The average Bonchev–Trinajstić information content (AvgIpc) is 2.87. The second kappa shape index (κ2) is 7.02. The summed E-state index contributed by atoms with van der Waals surface area (Å²) in [6.07, 6.45) is 1.60. The number of nitrogens with one attached hydrogen (secondary N) is 1. The number of rotatable bonds is 5. The predicted octanol–water partition coefficient (Wildman–Crippen LogP) is 2.90. The Labute approximate surface area is 138 Å². The lowest BCUT2D eigenvalue weighted by Crippen LogP contribution is -2.23. The third-order valence-electron chi connectivity index (χ3n) is 3.06. The number of amides is 1. The number of anilines is 1. The minimum Gasteiger partial charge on any atom is -0.495 e. The number of carbonyl (C=O) groups excluding carboxylic acids is 1. The molecule has 1 heterocycles. The molecule has 6 nitrogen and oxygen atoms in total. The van der Waals surface area contributed by atoms with Gasteiger partial charge in [0.1, 0.15) is 12.1 Å². The van der Waals surface area contributed by atoms with Crippen LogP contribution in [0, 0.1) is 6.92 Å². The third-order valence-corrected chi connectivity index (χ3v) is 4.62. The molecule has 0 saturated heterocycles. The maximum absolute atomic E-state index is 12.3. The molecule has 0 saturated carbocycles. The van der Waals surface area contributed by atoms with Gasteiger partial charge in [0.25, 0.3) is 0 Å². The molecule has 8 heteroatoms. The van der Waals surface area contributed by atoms with E-state index in [0.717, 1.165) is 5.56 Å².